The van der Waals surface area contributed by atoms with E-state index >= 15 is 0 Å². The topological polar surface area (TPSA) is 37.9 Å². The molecule has 1 heterocycles. The second kappa shape index (κ2) is 5.75. The van der Waals surface area contributed by atoms with Crippen LogP contribution in [0.5, 0.6) is 5.75 Å². The lowest BCUT2D eigenvalue weighted by atomic mass is 9.97. The highest BCUT2D eigenvalue weighted by Crippen LogP contribution is 2.25. The summed E-state index contributed by atoms with van der Waals surface area (Å²) < 4.78 is 6.29. The molecule has 20 heavy (non-hydrogen) atoms. The van der Waals surface area contributed by atoms with Gasteiger partial charge in [-0.05, 0) is 44.7 Å². The Morgan fingerprint density at radius 3 is 3.00 bits per heavy atom. The Labute approximate surface area is 124 Å². The van der Waals surface area contributed by atoms with E-state index < -0.39 is 0 Å². The van der Waals surface area contributed by atoms with Crippen LogP contribution >= 0.6 is 12.2 Å². The normalized spacial score (nSPS) is 13.8. The average molecular weight is 286 g/mol. The first-order valence-electron chi connectivity index (χ1n) is 7.13. The maximum Gasteiger partial charge on any atom is 0.139 e. The second-order valence-electron chi connectivity index (χ2n) is 5.02. The molecule has 1 aliphatic carbocycles. The lowest BCUT2D eigenvalue weighted by Crippen LogP contribution is -2.08. The molecule has 1 aliphatic rings. The molecule has 0 aliphatic heterocycles. The molecule has 1 N–H and O–H groups in total. The molecule has 0 saturated heterocycles. The minimum atomic E-state index is 0.664. The van der Waals surface area contributed by atoms with Gasteiger partial charge in [-0.25, -0.2) is 4.98 Å². The number of aromatic amines is 1. The van der Waals surface area contributed by atoms with Crippen molar-refractivity contribution >= 4 is 12.2 Å². The van der Waals surface area contributed by atoms with Gasteiger partial charge in [-0.15, -0.1) is 0 Å². The van der Waals surface area contributed by atoms with Crippen LogP contribution in [0, 0.1) is 4.64 Å². The Balaban J connectivity index is 2.04. The van der Waals surface area contributed by atoms with E-state index in [1.54, 1.807) is 0 Å². The van der Waals surface area contributed by atoms with Crippen LogP contribution in [-0.2, 0) is 12.8 Å². The quantitative estimate of drug-likeness (QED) is 0.864. The van der Waals surface area contributed by atoms with Crippen LogP contribution in [0.15, 0.2) is 24.3 Å². The lowest BCUT2D eigenvalue weighted by Gasteiger charge is -2.16. The van der Waals surface area contributed by atoms with Gasteiger partial charge in [0.25, 0.3) is 0 Å². The van der Waals surface area contributed by atoms with Crippen LogP contribution in [0.4, 0.5) is 0 Å². The first-order chi connectivity index (χ1) is 9.78. The number of hydrogen-bond acceptors (Lipinski definition) is 3. The summed E-state index contributed by atoms with van der Waals surface area (Å²) in [6.45, 7) is 2.65. The number of hydrogen-bond donors (Lipinski definition) is 1. The van der Waals surface area contributed by atoms with Gasteiger partial charge in [-0.2, -0.15) is 0 Å². The molecule has 1 aromatic heterocycles. The molecule has 0 unspecified atom stereocenters. The van der Waals surface area contributed by atoms with Gasteiger partial charge in [0.1, 0.15) is 16.2 Å². The van der Waals surface area contributed by atoms with Gasteiger partial charge >= 0.3 is 0 Å². The SMILES string of the molecule is CCOc1cccc(-c2nc(=S)c3c([nH]2)CCCC3)c1. The van der Waals surface area contributed by atoms with Crippen molar-refractivity contribution in [3.8, 4) is 17.1 Å². The molecule has 3 rings (SSSR count). The van der Waals surface area contributed by atoms with Gasteiger partial charge in [-0.1, -0.05) is 24.4 Å². The van der Waals surface area contributed by atoms with E-state index in [0.717, 1.165) is 34.6 Å². The molecule has 0 fully saturated rings. The molecule has 1 aromatic carbocycles. The van der Waals surface area contributed by atoms with Crippen molar-refractivity contribution in [2.45, 2.75) is 32.6 Å². The van der Waals surface area contributed by atoms with Crippen LogP contribution < -0.4 is 4.74 Å². The number of rotatable bonds is 3. The van der Waals surface area contributed by atoms with Crippen molar-refractivity contribution in [3.05, 3.63) is 40.2 Å². The summed E-state index contributed by atoms with van der Waals surface area (Å²) in [5, 5.41) is 0. The fourth-order valence-electron chi connectivity index (χ4n) is 2.66. The summed E-state index contributed by atoms with van der Waals surface area (Å²) in [5.74, 6) is 1.71. The zero-order valence-corrected chi connectivity index (χ0v) is 12.4. The van der Waals surface area contributed by atoms with Crippen LogP contribution in [0.25, 0.3) is 11.4 Å². The average Bonchev–Trinajstić information content (AvgIpc) is 2.48. The third-order valence-corrected chi connectivity index (χ3v) is 3.96. The standard InChI is InChI=1S/C16H18N2OS/c1-2-19-12-7-5-6-11(10-12)15-17-14-9-4-3-8-13(14)16(20)18-15/h5-7,10H,2-4,8-9H2,1H3,(H,17,18,20). The summed E-state index contributed by atoms with van der Waals surface area (Å²) in [4.78, 5) is 8.02. The predicted octanol–water partition coefficient (Wildman–Crippen LogP) is 4.08. The first kappa shape index (κ1) is 13.3. The minimum Gasteiger partial charge on any atom is -0.494 e. The number of aryl methyl sites for hydroxylation is 1. The van der Waals surface area contributed by atoms with E-state index in [2.05, 4.69) is 9.97 Å². The van der Waals surface area contributed by atoms with Crippen LogP contribution in [-0.4, -0.2) is 16.6 Å². The van der Waals surface area contributed by atoms with Crippen molar-refractivity contribution in [1.82, 2.24) is 9.97 Å². The minimum absolute atomic E-state index is 0.664. The predicted molar refractivity (Wildman–Crippen MR) is 82.7 cm³/mol. The van der Waals surface area contributed by atoms with E-state index in [9.17, 15) is 0 Å². The van der Waals surface area contributed by atoms with Gasteiger partial charge in [0, 0.05) is 16.8 Å². The number of ether oxygens (including phenoxy) is 1. The van der Waals surface area contributed by atoms with E-state index in [1.165, 1.54) is 24.1 Å². The fourth-order valence-corrected chi connectivity index (χ4v) is 2.97. The number of benzene rings is 1. The highest BCUT2D eigenvalue weighted by molar-refractivity contribution is 7.71. The smallest absolute Gasteiger partial charge is 0.139 e. The monoisotopic (exact) mass is 286 g/mol. The van der Waals surface area contributed by atoms with Crippen molar-refractivity contribution in [1.29, 1.82) is 0 Å². The Morgan fingerprint density at radius 1 is 1.30 bits per heavy atom. The number of fused-ring (bicyclic) bond motifs is 1. The summed E-state index contributed by atoms with van der Waals surface area (Å²) in [6, 6.07) is 7.98. The van der Waals surface area contributed by atoms with E-state index in [0.29, 0.717) is 6.61 Å². The van der Waals surface area contributed by atoms with Crippen LogP contribution in [0.3, 0.4) is 0 Å². The van der Waals surface area contributed by atoms with Crippen molar-refractivity contribution in [3.63, 3.8) is 0 Å². The highest BCUT2D eigenvalue weighted by atomic mass is 32.1. The molecule has 4 heteroatoms. The molecule has 0 saturated carbocycles. The molecule has 0 bridgehead atoms. The molecule has 104 valence electrons. The van der Waals surface area contributed by atoms with Gasteiger partial charge < -0.3 is 9.72 Å². The summed E-state index contributed by atoms with van der Waals surface area (Å²) in [5.41, 5.74) is 3.51. The highest BCUT2D eigenvalue weighted by Gasteiger charge is 2.14. The van der Waals surface area contributed by atoms with E-state index in [-0.39, 0.29) is 0 Å². The zero-order valence-electron chi connectivity index (χ0n) is 11.6. The Morgan fingerprint density at radius 2 is 2.15 bits per heavy atom. The van der Waals surface area contributed by atoms with Gasteiger partial charge in [0.05, 0.1) is 6.61 Å². The Bertz CT molecular complexity index is 678. The van der Waals surface area contributed by atoms with Crippen LogP contribution in [0.2, 0.25) is 0 Å². The summed E-state index contributed by atoms with van der Waals surface area (Å²) >= 11 is 5.45. The maximum absolute atomic E-state index is 5.54. The van der Waals surface area contributed by atoms with Crippen LogP contribution in [0.1, 0.15) is 31.0 Å². The molecule has 0 radical (unpaired) electrons. The lowest BCUT2D eigenvalue weighted by molar-refractivity contribution is 0.340. The van der Waals surface area contributed by atoms with Gasteiger partial charge in [-0.3, -0.25) is 0 Å². The molecular formula is C16H18N2OS. The van der Waals surface area contributed by atoms with Crippen molar-refractivity contribution in [2.75, 3.05) is 6.61 Å². The zero-order chi connectivity index (χ0) is 13.9. The fraction of sp³-hybridized carbons (Fsp3) is 0.375. The summed E-state index contributed by atoms with van der Waals surface area (Å²) in [7, 11) is 0. The third kappa shape index (κ3) is 2.61. The summed E-state index contributed by atoms with van der Waals surface area (Å²) in [6.07, 6.45) is 4.56. The maximum atomic E-state index is 5.54. The van der Waals surface area contributed by atoms with Crippen molar-refractivity contribution < 1.29 is 4.74 Å². The van der Waals surface area contributed by atoms with E-state index in [1.807, 2.05) is 31.2 Å². The van der Waals surface area contributed by atoms with E-state index in [4.69, 9.17) is 17.0 Å². The molecule has 2 aromatic rings. The Kier molecular flexibility index (Phi) is 3.83. The molecule has 0 atom stereocenters. The number of nitrogens with one attached hydrogen (secondary N) is 1. The number of aromatic nitrogens is 2. The Hall–Kier alpha value is -1.68. The third-order valence-electron chi connectivity index (χ3n) is 3.63. The van der Waals surface area contributed by atoms with Gasteiger partial charge in [0.15, 0.2) is 0 Å². The molecule has 3 nitrogen and oxygen atoms in total. The molecule has 0 spiro atoms. The molecule has 0 amide bonds. The first-order valence-corrected chi connectivity index (χ1v) is 7.54. The molecular weight excluding hydrogens is 268 g/mol. The largest absolute Gasteiger partial charge is 0.494 e. The van der Waals surface area contributed by atoms with Gasteiger partial charge in [0.2, 0.25) is 0 Å². The van der Waals surface area contributed by atoms with Crippen molar-refractivity contribution in [2.24, 2.45) is 0 Å². The second-order valence-corrected chi connectivity index (χ2v) is 5.40. The number of nitrogens with zero attached hydrogens (tertiary/aromatic N) is 1. The number of H-pyrrole nitrogens is 1.